The number of aromatic nitrogens is 1. The van der Waals surface area contributed by atoms with Crippen molar-refractivity contribution in [1.29, 1.82) is 0 Å². The number of furan rings is 1. The molecule has 1 fully saturated rings. The van der Waals surface area contributed by atoms with Crippen molar-refractivity contribution in [3.63, 3.8) is 0 Å². The van der Waals surface area contributed by atoms with E-state index in [0.717, 1.165) is 18.8 Å². The number of nitrogens with zero attached hydrogens (tertiary/aromatic N) is 2. The highest BCUT2D eigenvalue weighted by atomic mass is 16.3. The molecule has 0 bridgehead atoms. The summed E-state index contributed by atoms with van der Waals surface area (Å²) in [4.78, 5) is 26.1. The van der Waals surface area contributed by atoms with Crippen LogP contribution in [0.3, 0.4) is 0 Å². The molecule has 23 heavy (non-hydrogen) atoms. The van der Waals surface area contributed by atoms with Crippen LogP contribution in [0.5, 0.6) is 0 Å². The average molecular weight is 315 g/mol. The van der Waals surface area contributed by atoms with E-state index in [1.807, 2.05) is 12.1 Å². The quantitative estimate of drug-likeness (QED) is 0.875. The molecular weight excluding hydrogens is 294 g/mol. The van der Waals surface area contributed by atoms with Gasteiger partial charge in [-0.2, -0.15) is 0 Å². The maximum Gasteiger partial charge on any atom is 0.250 e. The molecule has 2 aromatic heterocycles. The van der Waals surface area contributed by atoms with Gasteiger partial charge in [0.25, 0.3) is 5.56 Å². The van der Waals surface area contributed by atoms with Gasteiger partial charge in [0.05, 0.1) is 12.3 Å². The second-order valence-electron chi connectivity index (χ2n) is 5.75. The molecule has 0 radical (unpaired) electrons. The molecule has 1 atom stereocenters. The van der Waals surface area contributed by atoms with Gasteiger partial charge in [0.2, 0.25) is 5.91 Å². The van der Waals surface area contributed by atoms with Gasteiger partial charge >= 0.3 is 0 Å². The van der Waals surface area contributed by atoms with E-state index in [2.05, 4.69) is 10.2 Å². The fourth-order valence-corrected chi connectivity index (χ4v) is 2.96. The maximum atomic E-state index is 12.1. The van der Waals surface area contributed by atoms with Crippen LogP contribution in [0, 0.1) is 0 Å². The fourth-order valence-electron chi connectivity index (χ4n) is 2.96. The summed E-state index contributed by atoms with van der Waals surface area (Å²) in [6, 6.07) is 8.70. The van der Waals surface area contributed by atoms with E-state index >= 15 is 0 Å². The molecule has 0 spiro atoms. The molecule has 0 aliphatic carbocycles. The lowest BCUT2D eigenvalue weighted by Gasteiger charge is -2.26. The lowest BCUT2D eigenvalue weighted by Crippen LogP contribution is -2.39. The molecule has 0 saturated carbocycles. The van der Waals surface area contributed by atoms with Crippen LogP contribution in [0.15, 0.2) is 52.0 Å². The van der Waals surface area contributed by atoms with Gasteiger partial charge in [0, 0.05) is 18.8 Å². The van der Waals surface area contributed by atoms with E-state index in [4.69, 9.17) is 4.42 Å². The molecule has 122 valence electrons. The van der Waals surface area contributed by atoms with Crippen molar-refractivity contribution < 1.29 is 9.21 Å². The van der Waals surface area contributed by atoms with Gasteiger partial charge in [0.1, 0.15) is 12.3 Å². The Morgan fingerprint density at radius 2 is 2.04 bits per heavy atom. The molecule has 1 aliphatic heterocycles. The van der Waals surface area contributed by atoms with Crippen LogP contribution in [-0.4, -0.2) is 35.0 Å². The number of pyridine rings is 1. The predicted octanol–water partition coefficient (Wildman–Crippen LogP) is 1.39. The van der Waals surface area contributed by atoms with Gasteiger partial charge in [-0.1, -0.05) is 6.07 Å². The summed E-state index contributed by atoms with van der Waals surface area (Å²) in [7, 11) is 0. The Kier molecular flexibility index (Phi) is 4.92. The van der Waals surface area contributed by atoms with Crippen LogP contribution in [0.1, 0.15) is 24.6 Å². The van der Waals surface area contributed by atoms with Crippen molar-refractivity contribution in [2.75, 3.05) is 19.6 Å². The third-order valence-corrected chi connectivity index (χ3v) is 4.16. The highest BCUT2D eigenvalue weighted by molar-refractivity contribution is 5.75. The minimum atomic E-state index is -0.176. The van der Waals surface area contributed by atoms with Crippen LogP contribution < -0.4 is 10.9 Å². The topological polar surface area (TPSA) is 67.5 Å². The first-order valence-electron chi connectivity index (χ1n) is 7.93. The van der Waals surface area contributed by atoms with Gasteiger partial charge in [-0.15, -0.1) is 0 Å². The molecule has 1 aliphatic rings. The van der Waals surface area contributed by atoms with E-state index < -0.39 is 0 Å². The zero-order chi connectivity index (χ0) is 16.1. The van der Waals surface area contributed by atoms with E-state index in [0.29, 0.717) is 6.54 Å². The van der Waals surface area contributed by atoms with Gasteiger partial charge in [-0.3, -0.25) is 14.5 Å². The summed E-state index contributed by atoms with van der Waals surface area (Å²) in [5.74, 6) is 0.693. The van der Waals surface area contributed by atoms with Crippen molar-refractivity contribution >= 4 is 5.91 Å². The van der Waals surface area contributed by atoms with Gasteiger partial charge in [-0.25, -0.2) is 0 Å². The summed E-state index contributed by atoms with van der Waals surface area (Å²) in [5.41, 5.74) is -0.176. The van der Waals surface area contributed by atoms with E-state index in [9.17, 15) is 9.59 Å². The molecule has 1 N–H and O–H groups in total. The molecular formula is C17H21N3O3. The van der Waals surface area contributed by atoms with Crippen LogP contribution in [-0.2, 0) is 11.3 Å². The zero-order valence-electron chi connectivity index (χ0n) is 13.0. The molecule has 6 heteroatoms. The van der Waals surface area contributed by atoms with Crippen LogP contribution in [0.4, 0.5) is 0 Å². The second-order valence-corrected chi connectivity index (χ2v) is 5.75. The largest absolute Gasteiger partial charge is 0.468 e. The fraction of sp³-hybridized carbons (Fsp3) is 0.412. The third-order valence-electron chi connectivity index (χ3n) is 4.16. The Bertz CT molecular complexity index is 687. The summed E-state index contributed by atoms with van der Waals surface area (Å²) in [6.45, 7) is 2.54. The first-order chi connectivity index (χ1) is 11.2. The summed E-state index contributed by atoms with van der Waals surface area (Å²) in [6.07, 6.45) is 5.62. The van der Waals surface area contributed by atoms with Crippen LogP contribution in [0.25, 0.3) is 0 Å². The molecule has 0 aromatic carbocycles. The second kappa shape index (κ2) is 7.28. The Morgan fingerprint density at radius 1 is 1.22 bits per heavy atom. The highest BCUT2D eigenvalue weighted by Crippen LogP contribution is 2.24. The summed E-state index contributed by atoms with van der Waals surface area (Å²) >= 11 is 0. The number of likely N-dealkylation sites (tertiary alicyclic amines) is 1. The first kappa shape index (κ1) is 15.6. The highest BCUT2D eigenvalue weighted by Gasteiger charge is 2.25. The zero-order valence-corrected chi connectivity index (χ0v) is 13.0. The number of hydrogen-bond donors (Lipinski definition) is 1. The Labute approximate surface area is 134 Å². The van der Waals surface area contributed by atoms with Crippen molar-refractivity contribution in [1.82, 2.24) is 14.8 Å². The van der Waals surface area contributed by atoms with Crippen molar-refractivity contribution in [2.24, 2.45) is 0 Å². The Balaban J connectivity index is 1.61. The minimum absolute atomic E-state index is 0.0323. The average Bonchev–Trinajstić information content (AvgIpc) is 3.23. The molecule has 3 rings (SSSR count). The Hall–Kier alpha value is -2.34. The minimum Gasteiger partial charge on any atom is -0.468 e. The van der Waals surface area contributed by atoms with Crippen molar-refractivity contribution in [3.05, 3.63) is 58.9 Å². The molecule has 1 saturated heterocycles. The monoisotopic (exact) mass is 315 g/mol. The molecule has 6 nitrogen and oxygen atoms in total. The number of amides is 1. The molecule has 2 aromatic rings. The number of carbonyl (C=O) groups excluding carboxylic acids is 1. The smallest absolute Gasteiger partial charge is 0.250 e. The predicted molar refractivity (Wildman–Crippen MR) is 86.0 cm³/mol. The SMILES string of the molecule is O=C(Cn1ccccc1=O)NCC(c1ccco1)N1CCCC1. The molecule has 1 unspecified atom stereocenters. The van der Waals surface area contributed by atoms with Gasteiger partial charge in [0.15, 0.2) is 0 Å². The number of rotatable bonds is 6. The molecule has 3 heterocycles. The Morgan fingerprint density at radius 3 is 2.74 bits per heavy atom. The number of carbonyl (C=O) groups is 1. The van der Waals surface area contributed by atoms with Gasteiger partial charge in [-0.05, 0) is 44.1 Å². The lowest BCUT2D eigenvalue weighted by molar-refractivity contribution is -0.122. The summed E-state index contributed by atoms with van der Waals surface area (Å²) in [5, 5.41) is 2.92. The third kappa shape index (κ3) is 3.90. The standard InChI is InChI=1S/C17H21N3O3/c21-16(13-20-10-2-1-7-17(20)22)18-12-14(15-6-5-11-23-15)19-8-3-4-9-19/h1-2,5-7,10-11,14H,3-4,8-9,12-13H2,(H,18,21). The normalized spacial score (nSPS) is 16.3. The lowest BCUT2D eigenvalue weighted by atomic mass is 10.2. The van der Waals surface area contributed by atoms with Crippen molar-refractivity contribution in [3.8, 4) is 0 Å². The van der Waals surface area contributed by atoms with E-state index in [1.165, 1.54) is 23.5 Å². The van der Waals surface area contributed by atoms with Crippen molar-refractivity contribution in [2.45, 2.75) is 25.4 Å². The summed E-state index contributed by atoms with van der Waals surface area (Å²) < 4.78 is 6.93. The van der Waals surface area contributed by atoms with E-state index in [1.54, 1.807) is 24.6 Å². The number of hydrogen-bond acceptors (Lipinski definition) is 4. The van der Waals surface area contributed by atoms with E-state index in [-0.39, 0.29) is 24.1 Å². The number of nitrogens with one attached hydrogen (secondary N) is 1. The van der Waals surface area contributed by atoms with Crippen LogP contribution >= 0.6 is 0 Å². The first-order valence-corrected chi connectivity index (χ1v) is 7.93. The molecule has 1 amide bonds. The maximum absolute atomic E-state index is 12.1. The van der Waals surface area contributed by atoms with Gasteiger partial charge < -0.3 is 14.3 Å². The van der Waals surface area contributed by atoms with Crippen LogP contribution in [0.2, 0.25) is 0 Å².